The predicted molar refractivity (Wildman–Crippen MR) is 81.1 cm³/mol. The van der Waals surface area contributed by atoms with Crippen LogP contribution >= 0.6 is 11.6 Å². The second kappa shape index (κ2) is 9.44. The van der Waals surface area contributed by atoms with Crippen LogP contribution in [0.1, 0.15) is 5.56 Å². The Morgan fingerprint density at radius 3 is 2.71 bits per heavy atom. The number of amides is 1. The summed E-state index contributed by atoms with van der Waals surface area (Å²) in [7, 11) is 4.72. The van der Waals surface area contributed by atoms with E-state index in [9.17, 15) is 4.79 Å². The zero-order valence-corrected chi connectivity index (χ0v) is 13.3. The topological polar surface area (TPSA) is 68.8 Å². The molecule has 6 nitrogen and oxygen atoms in total. The standard InChI is InChI=1S/C14H21ClN2O4/c1-16-13(18)9-21-14-10(8-17-4-5-19-2)6-11(15)7-12(14)20-3/h6-7,17H,4-5,8-9H2,1-3H3,(H,16,18). The van der Waals surface area contributed by atoms with Crippen molar-refractivity contribution in [3.8, 4) is 11.5 Å². The van der Waals surface area contributed by atoms with Crippen LogP contribution in [-0.4, -0.2) is 46.9 Å². The first-order chi connectivity index (χ1) is 10.1. The maximum absolute atomic E-state index is 11.3. The van der Waals surface area contributed by atoms with E-state index in [0.717, 1.165) is 5.56 Å². The summed E-state index contributed by atoms with van der Waals surface area (Å²) in [4.78, 5) is 11.3. The van der Waals surface area contributed by atoms with E-state index in [-0.39, 0.29) is 12.5 Å². The Morgan fingerprint density at radius 1 is 1.33 bits per heavy atom. The van der Waals surface area contributed by atoms with Gasteiger partial charge >= 0.3 is 0 Å². The molecular weight excluding hydrogens is 296 g/mol. The Bertz CT molecular complexity index is 469. The highest BCUT2D eigenvalue weighted by molar-refractivity contribution is 6.30. The maximum atomic E-state index is 11.3. The molecule has 1 aromatic carbocycles. The van der Waals surface area contributed by atoms with Gasteiger partial charge in [-0.1, -0.05) is 11.6 Å². The lowest BCUT2D eigenvalue weighted by Gasteiger charge is -2.16. The molecule has 0 spiro atoms. The lowest BCUT2D eigenvalue weighted by molar-refractivity contribution is -0.122. The number of ether oxygens (including phenoxy) is 3. The number of hydrogen-bond donors (Lipinski definition) is 2. The Hall–Kier alpha value is -1.50. The highest BCUT2D eigenvalue weighted by Crippen LogP contribution is 2.34. The second-order valence-electron chi connectivity index (χ2n) is 4.23. The van der Waals surface area contributed by atoms with E-state index in [1.807, 2.05) is 0 Å². The molecule has 7 heteroatoms. The molecule has 118 valence electrons. The van der Waals surface area contributed by atoms with Crippen LogP contribution in [0.15, 0.2) is 12.1 Å². The highest BCUT2D eigenvalue weighted by atomic mass is 35.5. The predicted octanol–water partition coefficient (Wildman–Crippen LogP) is 1.21. The quantitative estimate of drug-likeness (QED) is 0.670. The molecule has 0 saturated heterocycles. The van der Waals surface area contributed by atoms with Crippen LogP contribution in [0.5, 0.6) is 11.5 Å². The smallest absolute Gasteiger partial charge is 0.257 e. The van der Waals surface area contributed by atoms with Crippen molar-refractivity contribution in [2.75, 3.05) is 41.0 Å². The molecule has 0 fully saturated rings. The van der Waals surface area contributed by atoms with Gasteiger partial charge in [-0.2, -0.15) is 0 Å². The number of halogens is 1. The molecule has 0 saturated carbocycles. The van der Waals surface area contributed by atoms with E-state index in [4.69, 9.17) is 25.8 Å². The van der Waals surface area contributed by atoms with Gasteiger partial charge in [0.05, 0.1) is 13.7 Å². The fourth-order valence-electron chi connectivity index (χ4n) is 1.68. The van der Waals surface area contributed by atoms with E-state index in [2.05, 4.69) is 10.6 Å². The average Bonchev–Trinajstić information content (AvgIpc) is 2.49. The Kier molecular flexibility index (Phi) is 7.89. The Morgan fingerprint density at radius 2 is 2.10 bits per heavy atom. The van der Waals surface area contributed by atoms with Crippen molar-refractivity contribution in [2.24, 2.45) is 0 Å². The zero-order valence-electron chi connectivity index (χ0n) is 12.5. The van der Waals surface area contributed by atoms with Gasteiger partial charge in [0, 0.05) is 43.9 Å². The van der Waals surface area contributed by atoms with Gasteiger partial charge in [-0.15, -0.1) is 0 Å². The third kappa shape index (κ3) is 5.79. The summed E-state index contributed by atoms with van der Waals surface area (Å²) in [5.41, 5.74) is 0.819. The molecule has 0 aromatic heterocycles. The molecule has 0 aliphatic rings. The van der Waals surface area contributed by atoms with Crippen molar-refractivity contribution in [2.45, 2.75) is 6.54 Å². The average molecular weight is 317 g/mol. The molecule has 0 aliphatic heterocycles. The van der Waals surface area contributed by atoms with Crippen LogP contribution in [0.25, 0.3) is 0 Å². The zero-order chi connectivity index (χ0) is 15.7. The summed E-state index contributed by atoms with van der Waals surface area (Å²) in [6, 6.07) is 3.43. The van der Waals surface area contributed by atoms with Crippen LogP contribution in [0, 0.1) is 0 Å². The number of hydrogen-bond acceptors (Lipinski definition) is 5. The minimum atomic E-state index is -0.217. The lowest BCUT2D eigenvalue weighted by Crippen LogP contribution is -2.25. The van der Waals surface area contributed by atoms with Crippen LogP contribution in [-0.2, 0) is 16.1 Å². The van der Waals surface area contributed by atoms with Gasteiger partial charge in [0.25, 0.3) is 5.91 Å². The minimum absolute atomic E-state index is 0.0838. The summed E-state index contributed by atoms with van der Waals surface area (Å²) < 4.78 is 15.8. The molecule has 1 amide bonds. The fraction of sp³-hybridized carbons (Fsp3) is 0.500. The summed E-state index contributed by atoms with van der Waals surface area (Å²) in [6.07, 6.45) is 0. The van der Waals surface area contributed by atoms with Gasteiger partial charge in [0.2, 0.25) is 0 Å². The second-order valence-corrected chi connectivity index (χ2v) is 4.66. The Labute approximate surface area is 129 Å². The van der Waals surface area contributed by atoms with E-state index in [1.165, 1.54) is 7.11 Å². The largest absolute Gasteiger partial charge is 0.493 e. The molecule has 21 heavy (non-hydrogen) atoms. The summed E-state index contributed by atoms with van der Waals surface area (Å²) in [5.74, 6) is 0.788. The van der Waals surface area contributed by atoms with Gasteiger partial charge in [-0.3, -0.25) is 4.79 Å². The van der Waals surface area contributed by atoms with E-state index in [1.54, 1.807) is 26.3 Å². The molecule has 0 heterocycles. The third-order valence-electron chi connectivity index (χ3n) is 2.74. The molecule has 0 aliphatic carbocycles. The van der Waals surface area contributed by atoms with Crippen molar-refractivity contribution >= 4 is 17.5 Å². The number of rotatable bonds is 9. The minimum Gasteiger partial charge on any atom is -0.493 e. The molecule has 1 aromatic rings. The lowest BCUT2D eigenvalue weighted by atomic mass is 10.2. The van der Waals surface area contributed by atoms with Crippen molar-refractivity contribution in [3.05, 3.63) is 22.7 Å². The van der Waals surface area contributed by atoms with Crippen LogP contribution < -0.4 is 20.1 Å². The van der Waals surface area contributed by atoms with Gasteiger partial charge in [-0.05, 0) is 6.07 Å². The van der Waals surface area contributed by atoms with Crippen LogP contribution in [0.3, 0.4) is 0 Å². The number of methoxy groups -OCH3 is 2. The SMILES string of the molecule is CNC(=O)COc1c(CNCCOC)cc(Cl)cc1OC. The molecule has 0 atom stereocenters. The third-order valence-corrected chi connectivity index (χ3v) is 2.96. The molecule has 0 radical (unpaired) electrons. The monoisotopic (exact) mass is 316 g/mol. The molecular formula is C14H21ClN2O4. The summed E-state index contributed by atoms with van der Waals surface area (Å²) >= 11 is 6.06. The fourth-order valence-corrected chi connectivity index (χ4v) is 1.91. The molecule has 1 rings (SSSR count). The van der Waals surface area contributed by atoms with Gasteiger partial charge in [-0.25, -0.2) is 0 Å². The summed E-state index contributed by atoms with van der Waals surface area (Å²) in [6.45, 7) is 1.75. The van der Waals surface area contributed by atoms with Gasteiger partial charge in [0.1, 0.15) is 0 Å². The number of carbonyl (C=O) groups is 1. The highest BCUT2D eigenvalue weighted by Gasteiger charge is 2.14. The van der Waals surface area contributed by atoms with E-state index >= 15 is 0 Å². The molecule has 2 N–H and O–H groups in total. The first kappa shape index (κ1) is 17.6. The first-order valence-electron chi connectivity index (χ1n) is 6.51. The number of likely N-dealkylation sites (N-methyl/N-ethyl adjacent to an activating group) is 1. The van der Waals surface area contributed by atoms with Crippen LogP contribution in [0.4, 0.5) is 0 Å². The maximum Gasteiger partial charge on any atom is 0.257 e. The van der Waals surface area contributed by atoms with Crippen molar-refractivity contribution in [1.29, 1.82) is 0 Å². The molecule has 0 bridgehead atoms. The van der Waals surface area contributed by atoms with Crippen molar-refractivity contribution in [3.63, 3.8) is 0 Å². The van der Waals surface area contributed by atoms with Crippen molar-refractivity contribution in [1.82, 2.24) is 10.6 Å². The number of carbonyl (C=O) groups excluding carboxylic acids is 1. The normalized spacial score (nSPS) is 10.3. The van der Waals surface area contributed by atoms with Crippen LogP contribution in [0.2, 0.25) is 5.02 Å². The number of benzene rings is 1. The Balaban J connectivity index is 2.86. The van der Waals surface area contributed by atoms with Gasteiger partial charge < -0.3 is 24.8 Å². The van der Waals surface area contributed by atoms with E-state index in [0.29, 0.717) is 36.2 Å². The van der Waals surface area contributed by atoms with Crippen molar-refractivity contribution < 1.29 is 19.0 Å². The molecule has 0 unspecified atom stereocenters. The van der Waals surface area contributed by atoms with Gasteiger partial charge in [0.15, 0.2) is 18.1 Å². The summed E-state index contributed by atoms with van der Waals surface area (Å²) in [5, 5.41) is 6.25. The van der Waals surface area contributed by atoms with E-state index < -0.39 is 0 Å². The first-order valence-corrected chi connectivity index (χ1v) is 6.89. The number of nitrogens with one attached hydrogen (secondary N) is 2.